The van der Waals surface area contributed by atoms with Crippen LogP contribution in [0.2, 0.25) is 0 Å². The summed E-state index contributed by atoms with van der Waals surface area (Å²) in [6, 6.07) is 8.58. The van der Waals surface area contributed by atoms with Crippen molar-refractivity contribution in [2.24, 2.45) is 10.9 Å². The topological polar surface area (TPSA) is 65.8 Å². The number of guanidine groups is 1. The number of benzene rings is 1. The Hall–Kier alpha value is -2.83. The zero-order valence-corrected chi connectivity index (χ0v) is 18.9. The Morgan fingerprint density at radius 3 is 2.90 bits per heavy atom. The molecule has 0 aliphatic carbocycles. The Morgan fingerprint density at radius 1 is 1.32 bits per heavy atom. The van der Waals surface area contributed by atoms with Crippen molar-refractivity contribution in [3.8, 4) is 0 Å². The molecule has 2 aliphatic rings. The van der Waals surface area contributed by atoms with Gasteiger partial charge in [-0.1, -0.05) is 32.0 Å². The Labute approximate surface area is 185 Å². The van der Waals surface area contributed by atoms with Crippen molar-refractivity contribution in [2.45, 2.75) is 52.1 Å². The molecule has 1 fully saturated rings. The second-order valence-corrected chi connectivity index (χ2v) is 8.93. The number of amides is 1. The average Bonchev–Trinajstić information content (AvgIpc) is 3.46. The molecule has 1 unspecified atom stereocenters. The van der Waals surface area contributed by atoms with Crippen LogP contribution in [0.3, 0.4) is 0 Å². The fourth-order valence-electron chi connectivity index (χ4n) is 4.72. The minimum Gasteiger partial charge on any atom is -0.349 e. The number of hydrogen-bond acceptors (Lipinski definition) is 3. The molecule has 1 aromatic carbocycles. The molecule has 1 atom stereocenters. The highest BCUT2D eigenvalue weighted by Gasteiger charge is 2.32. The molecule has 1 saturated heterocycles. The summed E-state index contributed by atoms with van der Waals surface area (Å²) in [5, 5.41) is 3.52. The van der Waals surface area contributed by atoms with Gasteiger partial charge in [-0.2, -0.15) is 0 Å². The number of hydrogen-bond donors (Lipinski definition) is 1. The van der Waals surface area contributed by atoms with Gasteiger partial charge in [0, 0.05) is 63.6 Å². The van der Waals surface area contributed by atoms with Crippen LogP contribution in [0.5, 0.6) is 0 Å². The van der Waals surface area contributed by atoms with E-state index < -0.39 is 0 Å². The fraction of sp³-hybridized carbons (Fsp3) is 0.542. The molecule has 31 heavy (non-hydrogen) atoms. The van der Waals surface area contributed by atoms with E-state index in [1.54, 1.807) is 0 Å². The third-order valence-electron chi connectivity index (χ3n) is 6.22. The molecule has 0 radical (unpaired) electrons. The van der Waals surface area contributed by atoms with Crippen LogP contribution in [-0.4, -0.2) is 53.0 Å². The number of aromatic nitrogens is 2. The van der Waals surface area contributed by atoms with E-state index >= 15 is 0 Å². The quantitative estimate of drug-likeness (QED) is 0.550. The van der Waals surface area contributed by atoms with E-state index in [2.05, 4.69) is 62.9 Å². The van der Waals surface area contributed by atoms with Gasteiger partial charge in [0.2, 0.25) is 5.91 Å². The van der Waals surface area contributed by atoms with Gasteiger partial charge in [-0.15, -0.1) is 0 Å². The molecule has 1 amide bonds. The summed E-state index contributed by atoms with van der Waals surface area (Å²) >= 11 is 0. The summed E-state index contributed by atoms with van der Waals surface area (Å²) in [4.78, 5) is 25.4. The summed E-state index contributed by atoms with van der Waals surface area (Å²) < 4.78 is 2.21. The molecule has 3 heterocycles. The van der Waals surface area contributed by atoms with Crippen molar-refractivity contribution in [2.75, 3.05) is 31.6 Å². The van der Waals surface area contributed by atoms with Gasteiger partial charge in [0.25, 0.3) is 0 Å². The first-order valence-electron chi connectivity index (χ1n) is 11.4. The molecule has 0 spiro atoms. The average molecular weight is 423 g/mol. The van der Waals surface area contributed by atoms with Gasteiger partial charge in [-0.05, 0) is 30.4 Å². The largest absolute Gasteiger partial charge is 0.349 e. The molecule has 4 rings (SSSR count). The van der Waals surface area contributed by atoms with Crippen LogP contribution in [0.4, 0.5) is 5.69 Å². The number of nitrogens with one attached hydrogen (secondary N) is 1. The van der Waals surface area contributed by atoms with Gasteiger partial charge in [0.05, 0.1) is 6.54 Å². The molecule has 1 aromatic heterocycles. The van der Waals surface area contributed by atoms with E-state index in [1.165, 1.54) is 11.3 Å². The highest BCUT2D eigenvalue weighted by molar-refractivity contribution is 5.98. The molecule has 7 nitrogen and oxygen atoms in total. The second kappa shape index (κ2) is 9.54. The number of carbonyl (C=O) groups excluding carboxylic acids is 1. The lowest BCUT2D eigenvalue weighted by Gasteiger charge is -2.23. The number of aliphatic imine (C=N–C) groups is 1. The number of carbonyl (C=O) groups is 1. The molecule has 0 saturated carbocycles. The maximum atomic E-state index is 12.0. The van der Waals surface area contributed by atoms with Crippen LogP contribution >= 0.6 is 0 Å². The highest BCUT2D eigenvalue weighted by Crippen LogP contribution is 2.38. The van der Waals surface area contributed by atoms with E-state index in [1.807, 2.05) is 24.3 Å². The molecule has 2 aliphatic heterocycles. The van der Waals surface area contributed by atoms with E-state index in [0.717, 1.165) is 50.8 Å². The lowest BCUT2D eigenvalue weighted by atomic mass is 9.98. The number of fused-ring (bicyclic) bond motifs is 1. The van der Waals surface area contributed by atoms with Crippen LogP contribution in [0.25, 0.3) is 0 Å². The zero-order chi connectivity index (χ0) is 21.8. The predicted octanol–water partition coefficient (Wildman–Crippen LogP) is 3.23. The summed E-state index contributed by atoms with van der Waals surface area (Å²) in [6.45, 7) is 8.65. The van der Waals surface area contributed by atoms with E-state index in [0.29, 0.717) is 30.7 Å². The second-order valence-electron chi connectivity index (χ2n) is 8.93. The van der Waals surface area contributed by atoms with Crippen LogP contribution in [-0.2, 0) is 17.9 Å². The Morgan fingerprint density at radius 2 is 2.16 bits per heavy atom. The number of rotatable bonds is 7. The molecule has 1 N–H and O–H groups in total. The zero-order valence-electron chi connectivity index (χ0n) is 18.9. The maximum absolute atomic E-state index is 12.0. The smallest absolute Gasteiger partial charge is 0.222 e. The minimum atomic E-state index is 0.303. The van der Waals surface area contributed by atoms with Crippen LogP contribution in [0, 0.1) is 5.92 Å². The predicted molar refractivity (Wildman–Crippen MR) is 124 cm³/mol. The summed E-state index contributed by atoms with van der Waals surface area (Å²) in [5.74, 6) is 3.15. The number of nitrogens with zero attached hydrogens (tertiary/aromatic N) is 5. The lowest BCUT2D eigenvalue weighted by molar-refractivity contribution is -0.127. The summed E-state index contributed by atoms with van der Waals surface area (Å²) in [7, 11) is 1.84. The monoisotopic (exact) mass is 422 g/mol. The van der Waals surface area contributed by atoms with Gasteiger partial charge < -0.3 is 19.7 Å². The van der Waals surface area contributed by atoms with Crippen LogP contribution < -0.4 is 10.2 Å². The first-order valence-corrected chi connectivity index (χ1v) is 11.4. The minimum absolute atomic E-state index is 0.303. The summed E-state index contributed by atoms with van der Waals surface area (Å²) in [6.07, 6.45) is 6.59. The number of anilines is 1. The Bertz CT molecular complexity index is 934. The molecule has 2 aromatic rings. The third kappa shape index (κ3) is 4.75. The number of likely N-dealkylation sites (tertiary alicyclic amines) is 1. The van der Waals surface area contributed by atoms with Crippen molar-refractivity contribution in [3.63, 3.8) is 0 Å². The third-order valence-corrected chi connectivity index (χ3v) is 6.22. The normalized spacial score (nSPS) is 18.9. The highest BCUT2D eigenvalue weighted by atomic mass is 16.2. The van der Waals surface area contributed by atoms with Crippen LogP contribution in [0.1, 0.15) is 50.4 Å². The van der Waals surface area contributed by atoms with Crippen molar-refractivity contribution in [1.29, 1.82) is 0 Å². The Balaban J connectivity index is 1.44. The first kappa shape index (κ1) is 21.4. The summed E-state index contributed by atoms with van der Waals surface area (Å²) in [5.41, 5.74) is 2.55. The van der Waals surface area contributed by atoms with Crippen molar-refractivity contribution >= 4 is 17.6 Å². The molecule has 7 heteroatoms. The van der Waals surface area contributed by atoms with Gasteiger partial charge in [-0.25, -0.2) is 4.98 Å². The van der Waals surface area contributed by atoms with E-state index in [9.17, 15) is 4.79 Å². The first-order chi connectivity index (χ1) is 15.1. The van der Waals surface area contributed by atoms with Gasteiger partial charge in [0.15, 0.2) is 5.96 Å². The SMILES string of the molecule is CN=C(NCc1nccn1CC(C)C)N1CC(CCN2CCCC2=O)c2ccccc21. The number of imidazole rings is 1. The van der Waals surface area contributed by atoms with E-state index in [4.69, 9.17) is 0 Å². The molecule has 166 valence electrons. The Kier molecular flexibility index (Phi) is 6.59. The van der Waals surface area contributed by atoms with Crippen molar-refractivity contribution < 1.29 is 4.79 Å². The lowest BCUT2D eigenvalue weighted by Crippen LogP contribution is -2.41. The van der Waals surface area contributed by atoms with Crippen LogP contribution in [0.15, 0.2) is 41.7 Å². The fourth-order valence-corrected chi connectivity index (χ4v) is 4.72. The van der Waals surface area contributed by atoms with Crippen molar-refractivity contribution in [3.05, 3.63) is 48.0 Å². The standard InChI is InChI=1S/C24H34N6O/c1-18(2)16-29-14-11-26-22(29)15-27-24(25-3)30-17-19(20-7-4-5-8-21(20)30)10-13-28-12-6-9-23(28)31/h4-5,7-8,11,14,18-19H,6,9-10,12-13,15-17H2,1-3H3,(H,25,27). The molecular weight excluding hydrogens is 388 g/mol. The van der Waals surface area contributed by atoms with Gasteiger partial charge in [0.1, 0.15) is 5.82 Å². The van der Waals surface area contributed by atoms with E-state index in [-0.39, 0.29) is 0 Å². The maximum Gasteiger partial charge on any atom is 0.222 e. The molecular formula is C24H34N6O. The van der Waals surface area contributed by atoms with Gasteiger partial charge >= 0.3 is 0 Å². The molecule has 0 bridgehead atoms. The van der Waals surface area contributed by atoms with Crippen molar-refractivity contribution in [1.82, 2.24) is 19.8 Å². The number of para-hydroxylation sites is 1. The van der Waals surface area contributed by atoms with Gasteiger partial charge in [-0.3, -0.25) is 9.79 Å².